The van der Waals surface area contributed by atoms with Crippen LogP contribution in [-0.4, -0.2) is 19.6 Å². The molecule has 0 spiro atoms. The fraction of sp³-hybridized carbons (Fsp3) is 0.236. The van der Waals surface area contributed by atoms with Crippen molar-refractivity contribution in [1.82, 2.24) is 14.5 Å². The molecule has 0 aliphatic rings. The number of phenols is 1. The molecule has 5 heteroatoms. The number of imidazole rings is 1. The Kier molecular flexibility index (Phi) is 11.1. The normalized spacial score (nSPS) is 13.1. The van der Waals surface area contributed by atoms with Gasteiger partial charge in [0.15, 0.2) is 0 Å². The zero-order valence-corrected chi connectivity index (χ0v) is 38.2. The van der Waals surface area contributed by atoms with Crippen LogP contribution in [-0.2, 0) is 26.5 Å². The van der Waals surface area contributed by atoms with Crippen molar-refractivity contribution in [2.24, 2.45) is 0 Å². The molecular formula is C55H54N3OPt-. The summed E-state index contributed by atoms with van der Waals surface area (Å²) in [6.45, 7) is 18.0. The molecule has 6 aromatic carbocycles. The number of pyridine rings is 1. The molecule has 4 nitrogen and oxygen atoms in total. The van der Waals surface area contributed by atoms with Crippen LogP contribution >= 0.6 is 0 Å². The van der Waals surface area contributed by atoms with E-state index in [0.29, 0.717) is 11.4 Å². The second-order valence-corrected chi connectivity index (χ2v) is 17.2. The van der Waals surface area contributed by atoms with Crippen LogP contribution < -0.4 is 0 Å². The fourth-order valence-electron chi connectivity index (χ4n) is 7.93. The first-order valence-electron chi connectivity index (χ1n) is 21.9. The van der Waals surface area contributed by atoms with E-state index >= 15 is 0 Å². The van der Waals surface area contributed by atoms with Gasteiger partial charge in [-0.1, -0.05) is 158 Å². The Labute approximate surface area is 374 Å². The van der Waals surface area contributed by atoms with Gasteiger partial charge in [-0.05, 0) is 98.4 Å². The van der Waals surface area contributed by atoms with Gasteiger partial charge in [-0.3, -0.25) is 9.55 Å². The Hall–Kier alpha value is -5.57. The maximum absolute atomic E-state index is 11.3. The van der Waals surface area contributed by atoms with Crippen molar-refractivity contribution < 1.29 is 30.3 Å². The summed E-state index contributed by atoms with van der Waals surface area (Å²) in [5.41, 5.74) is 14.1. The molecule has 60 heavy (non-hydrogen) atoms. The van der Waals surface area contributed by atoms with Crippen molar-refractivity contribution in [3.05, 3.63) is 168 Å². The first-order chi connectivity index (χ1) is 29.2. The van der Waals surface area contributed by atoms with E-state index in [-0.39, 0.29) is 32.2 Å². The minimum absolute atomic E-state index is 0. The molecule has 2 aromatic heterocycles. The van der Waals surface area contributed by atoms with Crippen LogP contribution in [0.5, 0.6) is 5.75 Å². The number of para-hydroxylation sites is 2. The average Bonchev–Trinajstić information content (AvgIpc) is 3.62. The van der Waals surface area contributed by atoms with Crippen LogP contribution in [0.15, 0.2) is 140 Å². The molecule has 2 heterocycles. The summed E-state index contributed by atoms with van der Waals surface area (Å²) in [5, 5.41) is 11.3. The van der Waals surface area contributed by atoms with Crippen molar-refractivity contribution in [2.75, 3.05) is 0 Å². The molecule has 0 fully saturated rings. The Bertz CT molecular complexity index is 2910. The molecule has 0 bridgehead atoms. The molecule has 0 saturated heterocycles. The molecular weight excluding hydrogens is 914 g/mol. The maximum atomic E-state index is 11.3. The number of nitrogens with zero attached hydrogens (tertiary/aromatic N) is 3. The van der Waals surface area contributed by atoms with Gasteiger partial charge in [0.25, 0.3) is 0 Å². The number of fused-ring (bicyclic) bond motifs is 1. The summed E-state index contributed by atoms with van der Waals surface area (Å²) < 4.78 is 28.6. The summed E-state index contributed by atoms with van der Waals surface area (Å²) in [5.74, 6) is -1.71. The summed E-state index contributed by atoms with van der Waals surface area (Å²) in [6.07, 6.45) is 1.84. The van der Waals surface area contributed by atoms with Gasteiger partial charge in [-0.2, -0.15) is 0 Å². The number of phenolic OH excluding ortho intramolecular Hbond substituents is 1. The van der Waals surface area contributed by atoms with Crippen LogP contribution in [0.25, 0.3) is 72.7 Å². The molecule has 0 aliphatic carbocycles. The van der Waals surface area contributed by atoms with E-state index in [1.54, 1.807) is 6.07 Å². The number of aromatic hydroxyl groups is 1. The standard InChI is InChI=1S/C55H54N3O.Pt/c1-34(2)37-20-22-38(23-21-37)40-28-29-56-49(33-40)42-30-41(31-43(32-42)55(7,8)9)47-17-13-18-50-53(47)57-54(48-14-10-11-19-51(48)59)58(50)44-26-24-39(25-27-44)52-45(35(3)4)15-12-16-46(52)36(5)6;/h10-29,31-36,59H,1-9H3;/q-1;/i34D,35D,36D;. The largest absolute Gasteiger partial charge is 0.507 e. The van der Waals surface area contributed by atoms with Gasteiger partial charge < -0.3 is 5.11 Å². The Morgan fingerprint density at radius 3 is 1.88 bits per heavy atom. The quantitative estimate of drug-likeness (QED) is 0.147. The SMILES string of the molecule is [2H]C(C)(C)c1ccc(-c2ccnc(-c3[c-]c(-c4cccc5c4nc(-c4ccccc4O)n5-c4ccc(-c5c(C([2H])(C)C)cccc5C([2H])(C)C)cc4)cc(C(C)(C)C)c3)c2)cc1.[Pt]. The fourth-order valence-corrected chi connectivity index (χ4v) is 7.93. The molecule has 0 unspecified atom stereocenters. The van der Waals surface area contributed by atoms with Crippen molar-refractivity contribution in [1.29, 1.82) is 0 Å². The number of benzene rings is 6. The Morgan fingerprint density at radius 2 is 1.25 bits per heavy atom. The third-order valence-electron chi connectivity index (χ3n) is 11.2. The number of aromatic nitrogens is 3. The van der Waals surface area contributed by atoms with Gasteiger partial charge in [-0.15, -0.1) is 29.3 Å². The summed E-state index contributed by atoms with van der Waals surface area (Å²) in [4.78, 5) is 10.2. The van der Waals surface area contributed by atoms with Gasteiger partial charge in [-0.25, -0.2) is 4.98 Å². The molecule has 306 valence electrons. The predicted octanol–water partition coefficient (Wildman–Crippen LogP) is 14.9. The molecule has 8 rings (SSSR count). The predicted molar refractivity (Wildman–Crippen MR) is 248 cm³/mol. The number of rotatable bonds is 9. The number of hydrogen-bond acceptors (Lipinski definition) is 3. The molecule has 0 atom stereocenters. The summed E-state index contributed by atoms with van der Waals surface area (Å²) in [7, 11) is 0. The zero-order valence-electron chi connectivity index (χ0n) is 38.9. The van der Waals surface area contributed by atoms with Crippen LogP contribution in [0, 0.1) is 6.07 Å². The van der Waals surface area contributed by atoms with E-state index in [9.17, 15) is 5.11 Å². The zero-order chi connectivity index (χ0) is 44.4. The Morgan fingerprint density at radius 1 is 0.633 bits per heavy atom. The Balaban J connectivity index is 0.00000595. The first kappa shape index (κ1) is 38.6. The molecule has 0 aliphatic heterocycles. The van der Waals surface area contributed by atoms with Crippen LogP contribution in [0.4, 0.5) is 0 Å². The molecule has 0 radical (unpaired) electrons. The van der Waals surface area contributed by atoms with E-state index in [1.165, 1.54) is 0 Å². The topological polar surface area (TPSA) is 50.9 Å². The van der Waals surface area contributed by atoms with Gasteiger partial charge in [0.2, 0.25) is 0 Å². The average molecular weight is 971 g/mol. The van der Waals surface area contributed by atoms with E-state index in [4.69, 9.17) is 14.1 Å². The second kappa shape index (κ2) is 17.2. The first-order valence-corrected chi connectivity index (χ1v) is 20.4. The van der Waals surface area contributed by atoms with Crippen molar-refractivity contribution in [3.63, 3.8) is 0 Å². The monoisotopic (exact) mass is 970 g/mol. The van der Waals surface area contributed by atoms with Gasteiger partial charge in [0.05, 0.1) is 16.6 Å². The molecule has 0 saturated carbocycles. The molecule has 0 amide bonds. The van der Waals surface area contributed by atoms with Gasteiger partial charge in [0.1, 0.15) is 11.6 Å². The molecule has 1 N–H and O–H groups in total. The van der Waals surface area contributed by atoms with Crippen LogP contribution in [0.2, 0.25) is 0 Å². The van der Waals surface area contributed by atoms with Crippen LogP contribution in [0.3, 0.4) is 0 Å². The van der Waals surface area contributed by atoms with Crippen molar-refractivity contribution >= 4 is 11.0 Å². The summed E-state index contributed by atoms with van der Waals surface area (Å²) >= 11 is 0. The minimum atomic E-state index is -0.878. The maximum Gasteiger partial charge on any atom is 0.148 e. The third-order valence-corrected chi connectivity index (χ3v) is 11.2. The molecule has 8 aromatic rings. The second-order valence-electron chi connectivity index (χ2n) is 17.2. The summed E-state index contributed by atoms with van der Waals surface area (Å²) in [6, 6.07) is 48.2. The smallest absolute Gasteiger partial charge is 0.148 e. The third kappa shape index (κ3) is 8.28. The van der Waals surface area contributed by atoms with E-state index in [0.717, 1.165) is 83.6 Å². The van der Waals surface area contributed by atoms with Gasteiger partial charge in [0, 0.05) is 42.8 Å². The minimum Gasteiger partial charge on any atom is -0.507 e. The van der Waals surface area contributed by atoms with Crippen molar-refractivity contribution in [2.45, 2.75) is 85.4 Å². The van der Waals surface area contributed by atoms with Crippen molar-refractivity contribution in [3.8, 4) is 67.5 Å². The van der Waals surface area contributed by atoms with Gasteiger partial charge >= 0.3 is 0 Å². The van der Waals surface area contributed by atoms with E-state index < -0.39 is 17.7 Å². The number of hydrogen-bond donors (Lipinski definition) is 1. The van der Waals surface area contributed by atoms with E-state index in [1.807, 2.05) is 108 Å². The van der Waals surface area contributed by atoms with E-state index in [2.05, 4.69) is 98.1 Å². The van der Waals surface area contributed by atoms with Crippen LogP contribution in [0.1, 0.15) is 106 Å².